The minimum atomic E-state index is -0.218. The number of aliphatic hydroxyl groups excluding tert-OH is 1. The van der Waals surface area contributed by atoms with E-state index in [2.05, 4.69) is 12.0 Å². The second-order valence-electron chi connectivity index (χ2n) is 3.52. The molecule has 0 aliphatic rings. The van der Waals surface area contributed by atoms with Crippen molar-refractivity contribution >= 4 is 0 Å². The van der Waals surface area contributed by atoms with Crippen LogP contribution in [0, 0.1) is 0 Å². The summed E-state index contributed by atoms with van der Waals surface area (Å²) in [5.74, 6) is 0. The molecule has 1 aromatic heterocycles. The summed E-state index contributed by atoms with van der Waals surface area (Å²) in [6.45, 7) is 3.93. The van der Waals surface area contributed by atoms with Gasteiger partial charge in [-0.1, -0.05) is 6.92 Å². The first kappa shape index (κ1) is 10.3. The van der Waals surface area contributed by atoms with E-state index in [4.69, 9.17) is 5.11 Å². The van der Waals surface area contributed by atoms with Gasteiger partial charge in [0.25, 0.3) is 0 Å². The summed E-state index contributed by atoms with van der Waals surface area (Å²) in [6.07, 6.45) is 4.54. The molecule has 1 atom stereocenters. The Morgan fingerprint density at radius 3 is 2.85 bits per heavy atom. The lowest BCUT2D eigenvalue weighted by Crippen LogP contribution is -2.02. The maximum Gasteiger partial charge on any atom is 0.0653 e. The number of nitrogens with zero attached hydrogens (tertiary/aromatic N) is 2. The van der Waals surface area contributed by atoms with E-state index >= 15 is 0 Å². The van der Waals surface area contributed by atoms with Crippen LogP contribution in [-0.2, 0) is 19.9 Å². The van der Waals surface area contributed by atoms with Gasteiger partial charge in [-0.3, -0.25) is 4.68 Å². The molecule has 13 heavy (non-hydrogen) atoms. The molecule has 3 heteroatoms. The van der Waals surface area contributed by atoms with Gasteiger partial charge in [-0.2, -0.15) is 5.10 Å². The largest absolute Gasteiger partial charge is 0.393 e. The molecule has 1 heterocycles. The lowest BCUT2D eigenvalue weighted by atomic mass is 10.1. The quantitative estimate of drug-likeness (QED) is 0.762. The minimum absolute atomic E-state index is 0.218. The molecular weight excluding hydrogens is 164 g/mol. The molecule has 1 aromatic rings. The highest BCUT2D eigenvalue weighted by molar-refractivity contribution is 5.17. The van der Waals surface area contributed by atoms with Gasteiger partial charge in [0.15, 0.2) is 0 Å². The first-order valence-electron chi connectivity index (χ1n) is 4.83. The van der Waals surface area contributed by atoms with E-state index in [0.29, 0.717) is 0 Å². The summed E-state index contributed by atoms with van der Waals surface area (Å²) in [6, 6.07) is 0. The molecule has 0 fully saturated rings. The molecule has 0 saturated carbocycles. The van der Waals surface area contributed by atoms with Gasteiger partial charge in [0.2, 0.25) is 0 Å². The summed E-state index contributed by atoms with van der Waals surface area (Å²) in [7, 11) is 1.94. The molecule has 0 saturated heterocycles. The summed E-state index contributed by atoms with van der Waals surface area (Å²) < 4.78 is 1.84. The zero-order chi connectivity index (χ0) is 9.84. The van der Waals surface area contributed by atoms with Crippen molar-refractivity contribution in [2.24, 2.45) is 7.05 Å². The molecule has 1 rings (SSSR count). The second kappa shape index (κ2) is 4.42. The molecule has 1 unspecified atom stereocenters. The number of hydrogen-bond donors (Lipinski definition) is 1. The number of aromatic nitrogens is 2. The molecule has 74 valence electrons. The fourth-order valence-corrected chi connectivity index (χ4v) is 1.45. The normalized spacial score (nSPS) is 13.2. The Labute approximate surface area is 79.4 Å². The van der Waals surface area contributed by atoms with Crippen LogP contribution in [0.5, 0.6) is 0 Å². The first-order chi connectivity index (χ1) is 6.13. The Kier molecular flexibility index (Phi) is 3.48. The van der Waals surface area contributed by atoms with Crippen LogP contribution in [0.15, 0.2) is 6.20 Å². The van der Waals surface area contributed by atoms with Crippen LogP contribution in [0.4, 0.5) is 0 Å². The zero-order valence-electron chi connectivity index (χ0n) is 8.62. The molecule has 0 radical (unpaired) electrons. The van der Waals surface area contributed by atoms with Gasteiger partial charge in [-0.25, -0.2) is 0 Å². The van der Waals surface area contributed by atoms with Crippen molar-refractivity contribution in [3.8, 4) is 0 Å². The molecule has 1 N–H and O–H groups in total. The van der Waals surface area contributed by atoms with Gasteiger partial charge in [0.05, 0.1) is 11.8 Å². The lowest BCUT2D eigenvalue weighted by Gasteiger charge is -2.02. The van der Waals surface area contributed by atoms with Gasteiger partial charge in [-0.15, -0.1) is 0 Å². The summed E-state index contributed by atoms with van der Waals surface area (Å²) in [4.78, 5) is 0. The van der Waals surface area contributed by atoms with Gasteiger partial charge in [0, 0.05) is 13.2 Å². The Balaban J connectivity index is 2.64. The predicted octanol–water partition coefficient (Wildman–Crippen LogP) is 1.30. The Morgan fingerprint density at radius 1 is 1.62 bits per heavy atom. The standard InChI is InChI=1S/C10H18N2O/c1-4-10-9(6-5-8(2)13)7-12(3)11-10/h7-8,13H,4-6H2,1-3H3. The number of aryl methyl sites for hydroxylation is 3. The average molecular weight is 182 g/mol. The van der Waals surface area contributed by atoms with E-state index in [-0.39, 0.29) is 6.10 Å². The third-order valence-electron chi connectivity index (χ3n) is 2.16. The lowest BCUT2D eigenvalue weighted by molar-refractivity contribution is 0.185. The fourth-order valence-electron chi connectivity index (χ4n) is 1.45. The van der Waals surface area contributed by atoms with Crippen LogP contribution < -0.4 is 0 Å². The topological polar surface area (TPSA) is 38.0 Å². The molecule has 0 aliphatic carbocycles. The van der Waals surface area contributed by atoms with Crippen molar-refractivity contribution in [1.29, 1.82) is 0 Å². The molecular formula is C10H18N2O. The van der Waals surface area contributed by atoms with E-state index in [1.807, 2.05) is 24.9 Å². The number of aliphatic hydroxyl groups is 1. The zero-order valence-corrected chi connectivity index (χ0v) is 8.62. The molecule has 0 spiro atoms. The number of hydrogen-bond acceptors (Lipinski definition) is 2. The smallest absolute Gasteiger partial charge is 0.0653 e. The SMILES string of the molecule is CCc1nn(C)cc1CCC(C)O. The van der Waals surface area contributed by atoms with Crippen LogP contribution in [0.3, 0.4) is 0 Å². The van der Waals surface area contributed by atoms with E-state index in [1.165, 1.54) is 5.56 Å². The summed E-state index contributed by atoms with van der Waals surface area (Å²) >= 11 is 0. The van der Waals surface area contributed by atoms with Crippen LogP contribution in [0.2, 0.25) is 0 Å². The Hall–Kier alpha value is -0.830. The van der Waals surface area contributed by atoms with Crippen LogP contribution in [0.1, 0.15) is 31.5 Å². The maximum atomic E-state index is 9.16. The van der Waals surface area contributed by atoms with E-state index < -0.39 is 0 Å². The molecule has 0 aliphatic heterocycles. The van der Waals surface area contributed by atoms with Crippen molar-refractivity contribution in [2.75, 3.05) is 0 Å². The van der Waals surface area contributed by atoms with Gasteiger partial charge in [-0.05, 0) is 31.7 Å². The number of rotatable bonds is 4. The highest BCUT2D eigenvalue weighted by atomic mass is 16.3. The van der Waals surface area contributed by atoms with E-state index in [1.54, 1.807) is 0 Å². The highest BCUT2D eigenvalue weighted by Gasteiger charge is 2.06. The first-order valence-corrected chi connectivity index (χ1v) is 4.83. The Morgan fingerprint density at radius 2 is 2.31 bits per heavy atom. The van der Waals surface area contributed by atoms with Crippen molar-refractivity contribution < 1.29 is 5.11 Å². The predicted molar refractivity (Wildman–Crippen MR) is 52.6 cm³/mol. The molecule has 3 nitrogen and oxygen atoms in total. The highest BCUT2D eigenvalue weighted by Crippen LogP contribution is 2.10. The minimum Gasteiger partial charge on any atom is -0.393 e. The maximum absolute atomic E-state index is 9.16. The van der Waals surface area contributed by atoms with Crippen LogP contribution >= 0.6 is 0 Å². The van der Waals surface area contributed by atoms with Crippen LogP contribution in [0.25, 0.3) is 0 Å². The van der Waals surface area contributed by atoms with Crippen molar-refractivity contribution in [2.45, 2.75) is 39.2 Å². The third-order valence-corrected chi connectivity index (χ3v) is 2.16. The molecule has 0 amide bonds. The van der Waals surface area contributed by atoms with Crippen LogP contribution in [-0.4, -0.2) is 21.0 Å². The molecule has 0 aromatic carbocycles. The monoisotopic (exact) mass is 182 g/mol. The summed E-state index contributed by atoms with van der Waals surface area (Å²) in [5, 5.41) is 13.5. The average Bonchev–Trinajstić information content (AvgIpc) is 2.42. The van der Waals surface area contributed by atoms with Gasteiger partial charge in [0.1, 0.15) is 0 Å². The van der Waals surface area contributed by atoms with Crippen molar-refractivity contribution in [1.82, 2.24) is 9.78 Å². The van der Waals surface area contributed by atoms with Gasteiger partial charge >= 0.3 is 0 Å². The van der Waals surface area contributed by atoms with E-state index in [0.717, 1.165) is 25.0 Å². The second-order valence-corrected chi connectivity index (χ2v) is 3.52. The summed E-state index contributed by atoms with van der Waals surface area (Å²) in [5.41, 5.74) is 2.43. The molecule has 0 bridgehead atoms. The van der Waals surface area contributed by atoms with E-state index in [9.17, 15) is 0 Å². The van der Waals surface area contributed by atoms with Crippen molar-refractivity contribution in [3.05, 3.63) is 17.5 Å². The van der Waals surface area contributed by atoms with Gasteiger partial charge < -0.3 is 5.11 Å². The van der Waals surface area contributed by atoms with Crippen molar-refractivity contribution in [3.63, 3.8) is 0 Å². The third kappa shape index (κ3) is 2.84. The Bertz CT molecular complexity index is 266. The fraction of sp³-hybridized carbons (Fsp3) is 0.700.